The third kappa shape index (κ3) is 5.48. The molecule has 2 aromatic heterocycles. The van der Waals surface area contributed by atoms with Crippen molar-refractivity contribution in [3.63, 3.8) is 0 Å². The molecular formula is C21H26ClN5O4S2. The number of rotatable bonds is 5. The van der Waals surface area contributed by atoms with E-state index in [1.165, 1.54) is 21.7 Å². The van der Waals surface area contributed by atoms with Crippen LogP contribution in [0.4, 0.5) is 5.82 Å². The summed E-state index contributed by atoms with van der Waals surface area (Å²) in [5, 5.41) is 6.49. The van der Waals surface area contributed by atoms with Gasteiger partial charge in [-0.3, -0.25) is 9.59 Å². The number of hydrogen-bond acceptors (Lipinski definition) is 7. The summed E-state index contributed by atoms with van der Waals surface area (Å²) >= 11 is 7.26. The molecule has 0 spiro atoms. The maximum Gasteiger partial charge on any atom is 0.264 e. The van der Waals surface area contributed by atoms with Crippen LogP contribution >= 0.6 is 22.9 Å². The van der Waals surface area contributed by atoms with Crippen LogP contribution in [0, 0.1) is 5.92 Å². The minimum atomic E-state index is -3.58. The molecule has 178 valence electrons. The molecule has 4 rings (SSSR count). The van der Waals surface area contributed by atoms with Crippen LogP contribution in [-0.2, 0) is 14.8 Å². The summed E-state index contributed by atoms with van der Waals surface area (Å²) in [7, 11) is -3.58. The van der Waals surface area contributed by atoms with Gasteiger partial charge in [-0.2, -0.15) is 9.40 Å². The van der Waals surface area contributed by atoms with Gasteiger partial charge in [0.2, 0.25) is 15.9 Å². The van der Waals surface area contributed by atoms with Crippen molar-refractivity contribution in [2.45, 2.75) is 19.8 Å². The minimum Gasteiger partial charge on any atom is -0.355 e. The molecule has 0 saturated carbocycles. The lowest BCUT2D eigenvalue weighted by atomic mass is 9.95. The van der Waals surface area contributed by atoms with Gasteiger partial charge in [0.1, 0.15) is 5.82 Å². The normalized spacial score (nSPS) is 19.2. The minimum absolute atomic E-state index is 0.0848. The molecule has 0 aromatic carbocycles. The number of carbonyl (C=O) groups excluding carboxylic acids is 1. The van der Waals surface area contributed by atoms with Crippen LogP contribution in [0.5, 0.6) is 0 Å². The Bertz CT molecular complexity index is 1170. The van der Waals surface area contributed by atoms with Crippen molar-refractivity contribution in [2.24, 2.45) is 5.92 Å². The van der Waals surface area contributed by atoms with Gasteiger partial charge in [-0.15, -0.1) is 11.3 Å². The molecule has 9 nitrogen and oxygen atoms in total. The SMILES string of the molecule is C/C(=C\c1ccc(Cl)s1)S(=O)(=O)N1CCN(C(=O)C2CCN(c3ccc(=O)[nH]n3)CC2)CC1. The first kappa shape index (κ1) is 23.9. The molecule has 2 saturated heterocycles. The Hall–Kier alpha value is -2.21. The van der Waals surface area contributed by atoms with E-state index in [0.717, 1.165) is 4.88 Å². The summed E-state index contributed by atoms with van der Waals surface area (Å²) in [6.07, 6.45) is 3.03. The third-order valence-electron chi connectivity index (χ3n) is 6.07. The van der Waals surface area contributed by atoms with Gasteiger partial charge in [0.25, 0.3) is 5.56 Å². The maximum absolute atomic E-state index is 13.0. The van der Waals surface area contributed by atoms with Gasteiger partial charge >= 0.3 is 0 Å². The molecule has 0 radical (unpaired) electrons. The van der Waals surface area contributed by atoms with E-state index in [2.05, 4.69) is 15.1 Å². The van der Waals surface area contributed by atoms with Crippen LogP contribution in [-0.4, -0.2) is 73.0 Å². The Balaban J connectivity index is 1.30. The number of halogens is 1. The van der Waals surface area contributed by atoms with Crippen LogP contribution in [0.1, 0.15) is 24.6 Å². The molecule has 0 bridgehead atoms. The smallest absolute Gasteiger partial charge is 0.264 e. The Labute approximate surface area is 201 Å². The summed E-state index contributed by atoms with van der Waals surface area (Å²) in [6.45, 7) is 4.29. The average Bonchev–Trinajstić information content (AvgIpc) is 3.23. The van der Waals surface area contributed by atoms with Gasteiger partial charge in [0.15, 0.2) is 0 Å². The fraction of sp³-hybridized carbons (Fsp3) is 0.476. The second-order valence-corrected chi connectivity index (χ2v) is 12.0. The Morgan fingerprint density at radius 2 is 1.82 bits per heavy atom. The standard InChI is InChI=1S/C21H26ClN5O4S2/c1-15(14-17-2-3-18(22)32-17)33(30,31)27-12-10-26(11-13-27)21(29)16-6-8-25(9-7-16)19-4-5-20(28)24-23-19/h2-5,14,16H,6-13H2,1H3,(H,24,28)/b15-14+. The van der Waals surface area contributed by atoms with E-state index in [9.17, 15) is 18.0 Å². The first-order valence-electron chi connectivity index (χ1n) is 10.8. The number of thiophene rings is 1. The highest BCUT2D eigenvalue weighted by atomic mass is 35.5. The van der Waals surface area contributed by atoms with Crippen molar-refractivity contribution in [3.05, 3.63) is 48.7 Å². The molecule has 1 amide bonds. The number of anilines is 1. The summed E-state index contributed by atoms with van der Waals surface area (Å²) in [5.74, 6) is 0.701. The number of aromatic nitrogens is 2. The number of nitrogens with zero attached hydrogens (tertiary/aromatic N) is 4. The number of carbonyl (C=O) groups is 1. The molecule has 2 aliphatic rings. The number of H-pyrrole nitrogens is 1. The van der Waals surface area contributed by atoms with E-state index in [-0.39, 0.29) is 35.4 Å². The lowest BCUT2D eigenvalue weighted by molar-refractivity contribution is -0.137. The lowest BCUT2D eigenvalue weighted by Gasteiger charge is -2.38. The number of piperidine rings is 1. The molecule has 0 aliphatic carbocycles. The number of piperazine rings is 1. The molecule has 1 N–H and O–H groups in total. The van der Waals surface area contributed by atoms with Gasteiger partial charge in [0.05, 0.1) is 9.24 Å². The van der Waals surface area contributed by atoms with Crippen molar-refractivity contribution in [3.8, 4) is 0 Å². The molecular weight excluding hydrogens is 486 g/mol. The summed E-state index contributed by atoms with van der Waals surface area (Å²) < 4.78 is 28.0. The number of sulfonamides is 1. The van der Waals surface area contributed by atoms with E-state index in [4.69, 9.17) is 11.6 Å². The van der Waals surface area contributed by atoms with Crippen LogP contribution in [0.25, 0.3) is 6.08 Å². The summed E-state index contributed by atoms with van der Waals surface area (Å²) in [4.78, 5) is 29.1. The van der Waals surface area contributed by atoms with E-state index in [1.54, 1.807) is 36.1 Å². The Kier molecular flexibility index (Phi) is 7.22. The van der Waals surface area contributed by atoms with Gasteiger partial charge < -0.3 is 9.80 Å². The molecule has 2 aliphatic heterocycles. The molecule has 33 heavy (non-hydrogen) atoms. The predicted octanol–water partition coefficient (Wildman–Crippen LogP) is 2.24. The van der Waals surface area contributed by atoms with Crippen molar-refractivity contribution in [2.75, 3.05) is 44.2 Å². The average molecular weight is 512 g/mol. The molecule has 0 atom stereocenters. The number of hydrogen-bond donors (Lipinski definition) is 1. The topological polar surface area (TPSA) is 107 Å². The predicted molar refractivity (Wildman–Crippen MR) is 130 cm³/mol. The van der Waals surface area contributed by atoms with Crippen molar-refractivity contribution < 1.29 is 13.2 Å². The van der Waals surface area contributed by atoms with E-state index < -0.39 is 10.0 Å². The van der Waals surface area contributed by atoms with Crippen molar-refractivity contribution >= 4 is 50.8 Å². The largest absolute Gasteiger partial charge is 0.355 e. The van der Waals surface area contributed by atoms with E-state index in [0.29, 0.717) is 49.2 Å². The van der Waals surface area contributed by atoms with Gasteiger partial charge in [-0.1, -0.05) is 11.6 Å². The molecule has 2 fully saturated rings. The van der Waals surface area contributed by atoms with Crippen molar-refractivity contribution in [1.82, 2.24) is 19.4 Å². The van der Waals surface area contributed by atoms with Crippen LogP contribution in [0.15, 0.2) is 34.0 Å². The molecule has 4 heterocycles. The quantitative estimate of drug-likeness (QED) is 0.659. The zero-order valence-corrected chi connectivity index (χ0v) is 20.6. The zero-order chi connectivity index (χ0) is 23.6. The maximum atomic E-state index is 13.0. The van der Waals surface area contributed by atoms with Crippen LogP contribution < -0.4 is 10.5 Å². The first-order valence-corrected chi connectivity index (χ1v) is 13.4. The van der Waals surface area contributed by atoms with Gasteiger partial charge in [0, 0.05) is 56.1 Å². The van der Waals surface area contributed by atoms with Gasteiger partial charge in [-0.25, -0.2) is 13.5 Å². The Morgan fingerprint density at radius 3 is 2.39 bits per heavy atom. The fourth-order valence-corrected chi connectivity index (χ4v) is 6.63. The first-order chi connectivity index (χ1) is 15.7. The number of nitrogens with one attached hydrogen (secondary N) is 1. The fourth-order valence-electron chi connectivity index (χ4n) is 4.16. The molecule has 12 heteroatoms. The Morgan fingerprint density at radius 1 is 1.12 bits per heavy atom. The summed E-state index contributed by atoms with van der Waals surface area (Å²) in [6, 6.07) is 6.66. The third-order valence-corrected chi connectivity index (χ3v) is 9.22. The highest BCUT2D eigenvalue weighted by Gasteiger charge is 2.34. The molecule has 2 aromatic rings. The van der Waals surface area contributed by atoms with Crippen molar-refractivity contribution in [1.29, 1.82) is 0 Å². The highest BCUT2D eigenvalue weighted by molar-refractivity contribution is 7.93. The van der Waals surface area contributed by atoms with Crippen LogP contribution in [0.2, 0.25) is 4.34 Å². The zero-order valence-electron chi connectivity index (χ0n) is 18.2. The second-order valence-electron chi connectivity index (χ2n) is 8.17. The monoisotopic (exact) mass is 511 g/mol. The number of amides is 1. The second kappa shape index (κ2) is 9.96. The van der Waals surface area contributed by atoms with Crippen LogP contribution in [0.3, 0.4) is 0 Å². The summed E-state index contributed by atoms with van der Waals surface area (Å²) in [5.41, 5.74) is -0.244. The highest BCUT2D eigenvalue weighted by Crippen LogP contribution is 2.27. The molecule has 0 unspecified atom stereocenters. The van der Waals surface area contributed by atoms with E-state index >= 15 is 0 Å². The van der Waals surface area contributed by atoms with Gasteiger partial charge in [-0.05, 0) is 44.0 Å². The number of allylic oxidation sites excluding steroid dienone is 1. The number of aromatic amines is 1. The lowest BCUT2D eigenvalue weighted by Crippen LogP contribution is -2.53. The van der Waals surface area contributed by atoms with E-state index in [1.807, 2.05) is 0 Å².